The Labute approximate surface area is 118 Å². The second kappa shape index (κ2) is 5.05. The first-order valence-corrected chi connectivity index (χ1v) is 7.18. The van der Waals surface area contributed by atoms with Gasteiger partial charge in [0.2, 0.25) is 5.82 Å². The highest BCUT2D eigenvalue weighted by Gasteiger charge is 2.38. The molecule has 0 aliphatic carbocycles. The highest BCUT2D eigenvalue weighted by molar-refractivity contribution is 5.54. The van der Waals surface area contributed by atoms with Gasteiger partial charge in [-0.2, -0.15) is 0 Å². The average molecular weight is 279 g/mol. The van der Waals surface area contributed by atoms with Crippen LogP contribution in [0.15, 0.2) is 6.20 Å². The zero-order valence-corrected chi connectivity index (χ0v) is 12.0. The van der Waals surface area contributed by atoms with Gasteiger partial charge in [-0.25, -0.2) is 0 Å². The van der Waals surface area contributed by atoms with Gasteiger partial charge in [-0.05, 0) is 38.6 Å². The zero-order valence-electron chi connectivity index (χ0n) is 12.0. The molecule has 20 heavy (non-hydrogen) atoms. The van der Waals surface area contributed by atoms with E-state index in [9.17, 15) is 10.1 Å². The zero-order chi connectivity index (χ0) is 14.3. The fourth-order valence-corrected chi connectivity index (χ4v) is 3.67. The highest BCUT2D eigenvalue weighted by atomic mass is 16.6. The van der Waals surface area contributed by atoms with Crippen molar-refractivity contribution in [1.29, 1.82) is 0 Å². The van der Waals surface area contributed by atoms with Crippen molar-refractivity contribution in [1.82, 2.24) is 14.7 Å². The number of fused-ring (bicyclic) bond motifs is 2. The molecule has 2 atom stereocenters. The van der Waals surface area contributed by atoms with Gasteiger partial charge in [0, 0.05) is 25.7 Å². The number of nitrogens with one attached hydrogen (secondary N) is 1. The van der Waals surface area contributed by atoms with Gasteiger partial charge in [-0.3, -0.25) is 14.8 Å². The molecule has 2 fully saturated rings. The molecule has 3 rings (SSSR count). The lowest BCUT2D eigenvalue weighted by atomic mass is 9.91. The summed E-state index contributed by atoms with van der Waals surface area (Å²) in [4.78, 5) is 13.1. The van der Waals surface area contributed by atoms with E-state index in [1.807, 2.05) is 0 Å². The third-order valence-corrected chi connectivity index (χ3v) is 4.76. The van der Waals surface area contributed by atoms with Gasteiger partial charge >= 0.3 is 5.69 Å². The van der Waals surface area contributed by atoms with Gasteiger partial charge in [0.05, 0.1) is 4.92 Å². The van der Waals surface area contributed by atoms with Crippen molar-refractivity contribution in [2.75, 3.05) is 18.9 Å². The molecule has 1 N–H and O–H groups in total. The van der Waals surface area contributed by atoms with Crippen LogP contribution in [0.4, 0.5) is 11.5 Å². The molecule has 7 nitrogen and oxygen atoms in total. The molecule has 0 aromatic carbocycles. The Morgan fingerprint density at radius 2 is 2.05 bits per heavy atom. The van der Waals surface area contributed by atoms with E-state index in [-0.39, 0.29) is 10.6 Å². The Bertz CT molecular complexity index is 501. The van der Waals surface area contributed by atoms with E-state index in [1.54, 1.807) is 7.05 Å². The molecular formula is C13H21N5O2. The quantitative estimate of drug-likeness (QED) is 0.669. The summed E-state index contributed by atoms with van der Waals surface area (Å²) in [6.45, 7) is 0.776. The monoisotopic (exact) mass is 279 g/mol. The van der Waals surface area contributed by atoms with Crippen LogP contribution in [0.25, 0.3) is 0 Å². The molecule has 1 aromatic heterocycles. The Morgan fingerprint density at radius 3 is 2.65 bits per heavy atom. The van der Waals surface area contributed by atoms with E-state index in [4.69, 9.17) is 0 Å². The van der Waals surface area contributed by atoms with Crippen LogP contribution in [0, 0.1) is 16.0 Å². The van der Waals surface area contributed by atoms with Crippen LogP contribution in [0.2, 0.25) is 0 Å². The highest BCUT2D eigenvalue weighted by Crippen LogP contribution is 2.37. The summed E-state index contributed by atoms with van der Waals surface area (Å²) in [7, 11) is 3.92. The maximum Gasteiger partial charge on any atom is 0.330 e. The molecule has 0 radical (unpaired) electrons. The van der Waals surface area contributed by atoms with Gasteiger partial charge in [0.25, 0.3) is 0 Å². The first kappa shape index (κ1) is 13.4. The summed E-state index contributed by atoms with van der Waals surface area (Å²) in [6.07, 6.45) is 6.39. The van der Waals surface area contributed by atoms with Crippen molar-refractivity contribution in [2.45, 2.75) is 37.8 Å². The van der Waals surface area contributed by atoms with Crippen LogP contribution >= 0.6 is 0 Å². The van der Waals surface area contributed by atoms with E-state index in [0.717, 1.165) is 6.54 Å². The number of rotatable bonds is 4. The molecule has 0 saturated carbocycles. The van der Waals surface area contributed by atoms with Gasteiger partial charge in [-0.1, -0.05) is 0 Å². The largest absolute Gasteiger partial charge is 0.363 e. The number of hydrogen-bond acceptors (Lipinski definition) is 5. The van der Waals surface area contributed by atoms with Gasteiger partial charge < -0.3 is 10.2 Å². The average Bonchev–Trinajstić information content (AvgIpc) is 2.84. The van der Waals surface area contributed by atoms with E-state index in [1.165, 1.54) is 36.6 Å². The lowest BCUT2D eigenvalue weighted by molar-refractivity contribution is -0.384. The Hall–Kier alpha value is -1.63. The lowest BCUT2D eigenvalue weighted by Gasteiger charge is -2.36. The predicted octanol–water partition coefficient (Wildman–Crippen LogP) is 1.61. The fraction of sp³-hybridized carbons (Fsp3) is 0.769. The minimum absolute atomic E-state index is 0.0587. The van der Waals surface area contributed by atoms with Crippen LogP contribution in [0.5, 0.6) is 0 Å². The first-order valence-electron chi connectivity index (χ1n) is 7.18. The lowest BCUT2D eigenvalue weighted by Crippen LogP contribution is -2.41. The summed E-state index contributed by atoms with van der Waals surface area (Å²) >= 11 is 0. The molecule has 2 saturated heterocycles. The summed E-state index contributed by atoms with van der Waals surface area (Å²) in [6, 6.07) is 1.39. The van der Waals surface area contributed by atoms with Crippen molar-refractivity contribution in [3.63, 3.8) is 0 Å². The number of aryl methyl sites for hydroxylation is 1. The van der Waals surface area contributed by atoms with Crippen molar-refractivity contribution in [3.05, 3.63) is 16.3 Å². The van der Waals surface area contributed by atoms with Gasteiger partial charge in [0.15, 0.2) is 0 Å². The molecule has 2 aliphatic heterocycles. The standard InChI is InChI=1S/C13H21N5O2/c1-16-8-12(18(19)20)13(15-16)14-7-9-5-10-3-4-11(6-9)17(10)2/h8-11H,3-7H2,1-2H3,(H,14,15). The number of aromatic nitrogens is 2. The van der Waals surface area contributed by atoms with Crippen molar-refractivity contribution >= 4 is 11.5 Å². The molecule has 2 bridgehead atoms. The molecule has 2 aliphatic rings. The number of nitrogens with zero attached hydrogens (tertiary/aromatic N) is 4. The SMILES string of the molecule is CN1C2CCC1CC(CNc1nn(C)cc1[N+](=O)[O-])C2. The Balaban J connectivity index is 1.62. The topological polar surface area (TPSA) is 76.2 Å². The summed E-state index contributed by atoms with van der Waals surface area (Å²) in [5.74, 6) is 0.981. The maximum absolute atomic E-state index is 10.9. The van der Waals surface area contributed by atoms with Gasteiger partial charge in [0.1, 0.15) is 6.20 Å². The smallest absolute Gasteiger partial charge is 0.330 e. The van der Waals surface area contributed by atoms with Crippen LogP contribution in [-0.2, 0) is 7.05 Å². The maximum atomic E-state index is 10.9. The molecule has 3 heterocycles. The molecular weight excluding hydrogens is 258 g/mol. The molecule has 1 aromatic rings. The minimum Gasteiger partial charge on any atom is -0.363 e. The van der Waals surface area contributed by atoms with Crippen LogP contribution in [-0.4, -0.2) is 45.3 Å². The fourth-order valence-electron chi connectivity index (χ4n) is 3.67. The summed E-state index contributed by atoms with van der Waals surface area (Å²) < 4.78 is 1.48. The van der Waals surface area contributed by atoms with Crippen LogP contribution < -0.4 is 5.32 Å². The van der Waals surface area contributed by atoms with E-state index >= 15 is 0 Å². The van der Waals surface area contributed by atoms with Crippen molar-refractivity contribution in [2.24, 2.45) is 13.0 Å². The van der Waals surface area contributed by atoms with E-state index < -0.39 is 0 Å². The molecule has 7 heteroatoms. The third kappa shape index (κ3) is 2.37. The van der Waals surface area contributed by atoms with E-state index in [2.05, 4.69) is 22.4 Å². The van der Waals surface area contributed by atoms with Crippen molar-refractivity contribution in [3.8, 4) is 0 Å². The van der Waals surface area contributed by atoms with Crippen molar-refractivity contribution < 1.29 is 4.92 Å². The second-order valence-corrected chi connectivity index (χ2v) is 6.06. The number of piperidine rings is 1. The van der Waals surface area contributed by atoms with Crippen LogP contribution in [0.3, 0.4) is 0 Å². The normalized spacial score (nSPS) is 29.6. The summed E-state index contributed by atoms with van der Waals surface area (Å²) in [5, 5.41) is 18.3. The molecule has 0 amide bonds. The third-order valence-electron chi connectivity index (χ3n) is 4.76. The minimum atomic E-state index is -0.381. The number of hydrogen-bond donors (Lipinski definition) is 1. The molecule has 2 unspecified atom stereocenters. The number of nitro groups is 1. The summed E-state index contributed by atoms with van der Waals surface area (Å²) in [5.41, 5.74) is 0.0587. The van der Waals surface area contributed by atoms with Crippen LogP contribution in [0.1, 0.15) is 25.7 Å². The Morgan fingerprint density at radius 1 is 1.40 bits per heavy atom. The molecule has 110 valence electrons. The van der Waals surface area contributed by atoms with E-state index in [0.29, 0.717) is 23.8 Å². The second-order valence-electron chi connectivity index (χ2n) is 6.06. The van der Waals surface area contributed by atoms with Gasteiger partial charge in [-0.15, -0.1) is 5.10 Å². The predicted molar refractivity (Wildman–Crippen MR) is 75.6 cm³/mol. The molecule has 0 spiro atoms. The Kier molecular flexibility index (Phi) is 3.37. The first-order chi connectivity index (χ1) is 9.54. The number of anilines is 1.